The molecule has 4 rings (SSSR count). The fourth-order valence-corrected chi connectivity index (χ4v) is 3.25. The van der Waals surface area contributed by atoms with Gasteiger partial charge in [-0.15, -0.1) is 0 Å². The van der Waals surface area contributed by atoms with Gasteiger partial charge in [-0.1, -0.05) is 36.4 Å². The monoisotopic (exact) mass is 416 g/mol. The number of anilines is 1. The highest BCUT2D eigenvalue weighted by molar-refractivity contribution is 6.08. The fourth-order valence-electron chi connectivity index (χ4n) is 3.25. The number of nitro groups is 1. The standard InChI is InChI=1S/C23H16N2O6/c1-30-21-11-10-14(17-12-15-6-2-5-9-20(15)31-23(17)27)13-18(21)24-22(26)16-7-3-4-8-19(16)25(28)29/h2-13H,1H3,(H,24,26). The summed E-state index contributed by atoms with van der Waals surface area (Å²) in [7, 11) is 1.43. The van der Waals surface area contributed by atoms with Gasteiger partial charge in [0, 0.05) is 11.5 Å². The average Bonchev–Trinajstić information content (AvgIpc) is 2.78. The predicted octanol–water partition coefficient (Wildman–Crippen LogP) is 4.63. The van der Waals surface area contributed by atoms with Crippen LogP contribution in [0.15, 0.2) is 82.0 Å². The number of ether oxygens (including phenoxy) is 1. The van der Waals surface area contributed by atoms with Gasteiger partial charge in [-0.3, -0.25) is 14.9 Å². The Morgan fingerprint density at radius 3 is 2.55 bits per heavy atom. The van der Waals surface area contributed by atoms with Crippen molar-refractivity contribution in [2.24, 2.45) is 0 Å². The highest BCUT2D eigenvalue weighted by Crippen LogP contribution is 2.31. The highest BCUT2D eigenvalue weighted by Gasteiger charge is 2.21. The third kappa shape index (κ3) is 3.86. The predicted molar refractivity (Wildman–Crippen MR) is 116 cm³/mol. The zero-order valence-electron chi connectivity index (χ0n) is 16.3. The van der Waals surface area contributed by atoms with Crippen LogP contribution in [-0.4, -0.2) is 17.9 Å². The SMILES string of the molecule is COc1ccc(-c2cc3ccccc3oc2=O)cc1NC(=O)c1ccccc1[N+](=O)[O-]. The smallest absolute Gasteiger partial charge is 0.344 e. The molecule has 0 atom stereocenters. The number of hydrogen-bond donors (Lipinski definition) is 1. The number of benzene rings is 3. The van der Waals surface area contributed by atoms with Gasteiger partial charge in [-0.25, -0.2) is 4.79 Å². The minimum Gasteiger partial charge on any atom is -0.495 e. The van der Waals surface area contributed by atoms with Gasteiger partial charge in [-0.05, 0) is 35.9 Å². The van der Waals surface area contributed by atoms with Gasteiger partial charge >= 0.3 is 5.63 Å². The van der Waals surface area contributed by atoms with Crippen LogP contribution >= 0.6 is 0 Å². The second-order valence-electron chi connectivity index (χ2n) is 6.63. The zero-order chi connectivity index (χ0) is 22.0. The number of hydrogen-bond acceptors (Lipinski definition) is 6. The lowest BCUT2D eigenvalue weighted by Crippen LogP contribution is -2.14. The molecule has 1 amide bonds. The first-order chi connectivity index (χ1) is 15.0. The molecule has 0 aliphatic heterocycles. The molecule has 0 bridgehead atoms. The summed E-state index contributed by atoms with van der Waals surface area (Å²) >= 11 is 0. The Bertz CT molecular complexity index is 1380. The second kappa shape index (κ2) is 8.11. The molecule has 0 aliphatic rings. The van der Waals surface area contributed by atoms with Crippen molar-refractivity contribution < 1.29 is 18.9 Å². The molecule has 0 saturated heterocycles. The van der Waals surface area contributed by atoms with Crippen LogP contribution in [-0.2, 0) is 0 Å². The Hall–Kier alpha value is -4.46. The van der Waals surface area contributed by atoms with E-state index in [0.29, 0.717) is 22.5 Å². The number of nitrogens with zero attached hydrogens (tertiary/aromatic N) is 1. The summed E-state index contributed by atoms with van der Waals surface area (Å²) in [5, 5.41) is 14.6. The van der Waals surface area contributed by atoms with E-state index in [1.807, 2.05) is 12.1 Å². The van der Waals surface area contributed by atoms with E-state index in [9.17, 15) is 19.7 Å². The van der Waals surface area contributed by atoms with Gasteiger partial charge in [-0.2, -0.15) is 0 Å². The third-order valence-electron chi connectivity index (χ3n) is 4.75. The van der Waals surface area contributed by atoms with E-state index in [2.05, 4.69) is 5.32 Å². The maximum atomic E-state index is 12.7. The summed E-state index contributed by atoms with van der Waals surface area (Å²) in [4.78, 5) is 35.9. The lowest BCUT2D eigenvalue weighted by Gasteiger charge is -2.12. The molecule has 0 spiro atoms. The van der Waals surface area contributed by atoms with Gasteiger partial charge in [0.1, 0.15) is 16.9 Å². The molecule has 4 aromatic rings. The minimum atomic E-state index is -0.673. The first-order valence-electron chi connectivity index (χ1n) is 9.24. The number of para-hydroxylation sites is 2. The first kappa shape index (κ1) is 19.8. The molecule has 1 N–H and O–H groups in total. The van der Waals surface area contributed by atoms with Crippen molar-refractivity contribution >= 4 is 28.3 Å². The second-order valence-corrected chi connectivity index (χ2v) is 6.63. The van der Waals surface area contributed by atoms with Crippen molar-refractivity contribution in [1.29, 1.82) is 0 Å². The number of carbonyl (C=O) groups excluding carboxylic acids is 1. The summed E-state index contributed by atoms with van der Waals surface area (Å²) in [6.07, 6.45) is 0. The van der Waals surface area contributed by atoms with E-state index in [1.165, 1.54) is 31.4 Å². The van der Waals surface area contributed by atoms with Crippen LogP contribution in [0.5, 0.6) is 5.75 Å². The van der Waals surface area contributed by atoms with E-state index in [4.69, 9.17) is 9.15 Å². The molecule has 0 saturated carbocycles. The summed E-state index contributed by atoms with van der Waals surface area (Å²) < 4.78 is 10.7. The lowest BCUT2D eigenvalue weighted by atomic mass is 10.0. The molecule has 154 valence electrons. The zero-order valence-corrected chi connectivity index (χ0v) is 16.3. The van der Waals surface area contributed by atoms with Gasteiger partial charge in [0.25, 0.3) is 11.6 Å². The van der Waals surface area contributed by atoms with Crippen LogP contribution < -0.4 is 15.7 Å². The highest BCUT2D eigenvalue weighted by atomic mass is 16.6. The number of methoxy groups -OCH3 is 1. The fraction of sp³-hybridized carbons (Fsp3) is 0.0435. The van der Waals surface area contributed by atoms with Crippen molar-refractivity contribution in [3.05, 3.63) is 98.9 Å². The number of nitro benzene ring substituents is 1. The van der Waals surface area contributed by atoms with Crippen molar-refractivity contribution in [2.45, 2.75) is 0 Å². The normalized spacial score (nSPS) is 10.6. The molecule has 0 aliphatic carbocycles. The van der Waals surface area contributed by atoms with E-state index in [1.54, 1.807) is 36.4 Å². The van der Waals surface area contributed by atoms with E-state index in [-0.39, 0.29) is 16.9 Å². The van der Waals surface area contributed by atoms with Crippen molar-refractivity contribution in [3.63, 3.8) is 0 Å². The Labute approximate surface area is 175 Å². The van der Waals surface area contributed by atoms with Gasteiger partial charge in [0.15, 0.2) is 0 Å². The lowest BCUT2D eigenvalue weighted by molar-refractivity contribution is -0.385. The van der Waals surface area contributed by atoms with Crippen LogP contribution in [0.25, 0.3) is 22.1 Å². The van der Waals surface area contributed by atoms with E-state index >= 15 is 0 Å². The molecule has 8 nitrogen and oxygen atoms in total. The molecule has 0 radical (unpaired) electrons. The van der Waals surface area contributed by atoms with Crippen molar-refractivity contribution in [3.8, 4) is 16.9 Å². The number of carbonyl (C=O) groups is 1. The van der Waals surface area contributed by atoms with Crippen LogP contribution in [0.3, 0.4) is 0 Å². The first-order valence-corrected chi connectivity index (χ1v) is 9.24. The van der Waals surface area contributed by atoms with Crippen LogP contribution in [0.1, 0.15) is 10.4 Å². The molecule has 0 fully saturated rings. The number of nitrogens with one attached hydrogen (secondary N) is 1. The molecular weight excluding hydrogens is 400 g/mol. The summed E-state index contributed by atoms with van der Waals surface area (Å²) in [5.74, 6) is -0.339. The van der Waals surface area contributed by atoms with Gasteiger partial charge in [0.05, 0.1) is 23.3 Å². The van der Waals surface area contributed by atoms with Crippen LogP contribution in [0.2, 0.25) is 0 Å². The van der Waals surface area contributed by atoms with Crippen LogP contribution in [0, 0.1) is 10.1 Å². The average molecular weight is 416 g/mol. The quantitative estimate of drug-likeness (QED) is 0.288. The van der Waals surface area contributed by atoms with Crippen molar-refractivity contribution in [1.82, 2.24) is 0 Å². The molecule has 1 heterocycles. The number of amides is 1. The summed E-state index contributed by atoms with van der Waals surface area (Å²) in [5.41, 5.74) is 0.599. The largest absolute Gasteiger partial charge is 0.495 e. The Morgan fingerprint density at radius 1 is 1.03 bits per heavy atom. The third-order valence-corrected chi connectivity index (χ3v) is 4.75. The van der Waals surface area contributed by atoms with E-state index < -0.39 is 16.5 Å². The molecule has 8 heteroatoms. The molecule has 31 heavy (non-hydrogen) atoms. The van der Waals surface area contributed by atoms with Crippen LogP contribution in [0.4, 0.5) is 11.4 Å². The maximum absolute atomic E-state index is 12.7. The summed E-state index contributed by atoms with van der Waals surface area (Å²) in [6.45, 7) is 0. The van der Waals surface area contributed by atoms with E-state index in [0.717, 1.165) is 5.39 Å². The Morgan fingerprint density at radius 2 is 1.77 bits per heavy atom. The number of fused-ring (bicyclic) bond motifs is 1. The molecule has 1 aromatic heterocycles. The maximum Gasteiger partial charge on any atom is 0.344 e. The molecule has 3 aromatic carbocycles. The van der Waals surface area contributed by atoms with Crippen molar-refractivity contribution in [2.75, 3.05) is 12.4 Å². The molecular formula is C23H16N2O6. The molecule has 0 unspecified atom stereocenters. The Balaban J connectivity index is 1.76. The summed E-state index contributed by atoms with van der Waals surface area (Å²) in [6, 6.07) is 19.3. The topological polar surface area (TPSA) is 112 Å². The minimum absolute atomic E-state index is 0.0924. The van der Waals surface area contributed by atoms with Gasteiger partial charge < -0.3 is 14.5 Å². The number of rotatable bonds is 5. The Kier molecular flexibility index (Phi) is 5.19. The van der Waals surface area contributed by atoms with Gasteiger partial charge in [0.2, 0.25) is 0 Å².